The van der Waals surface area contributed by atoms with Gasteiger partial charge in [0.25, 0.3) is 0 Å². The number of ether oxygens (including phenoxy) is 6. The highest BCUT2D eigenvalue weighted by Crippen LogP contribution is 2.51. The zero-order valence-electron chi connectivity index (χ0n) is 22.7. The SMILES string of the molecule is COC(=O)C1C(C)=NC2=C(C(=O)C[C@H](c3ccc(OC)c(OC)c3)C2)[C@@H]1c1cc(OC)c(OC)cc1OC. The molecule has 38 heavy (non-hydrogen) atoms. The summed E-state index contributed by atoms with van der Waals surface area (Å²) in [6, 6.07) is 9.13. The number of nitrogens with zero attached hydrogens (tertiary/aromatic N) is 1. The summed E-state index contributed by atoms with van der Waals surface area (Å²) in [6.07, 6.45) is 0.775. The molecule has 4 rings (SSSR count). The van der Waals surface area contributed by atoms with Gasteiger partial charge in [-0.3, -0.25) is 14.6 Å². The topological polar surface area (TPSA) is 102 Å². The lowest BCUT2D eigenvalue weighted by Gasteiger charge is -2.37. The van der Waals surface area contributed by atoms with E-state index >= 15 is 0 Å². The molecule has 9 heteroatoms. The molecule has 2 aromatic rings. The van der Waals surface area contributed by atoms with Gasteiger partial charge in [0.2, 0.25) is 0 Å². The number of allylic oxidation sites excluding steroid dienone is 2. The van der Waals surface area contributed by atoms with Crippen LogP contribution in [0.15, 0.2) is 46.6 Å². The Morgan fingerprint density at radius 1 is 0.789 bits per heavy atom. The lowest BCUT2D eigenvalue weighted by Crippen LogP contribution is -2.38. The fraction of sp³-hybridized carbons (Fsp3) is 0.414. The third-order valence-electron chi connectivity index (χ3n) is 7.29. The minimum atomic E-state index is -0.799. The number of carbonyl (C=O) groups excluding carboxylic acids is 2. The third-order valence-corrected chi connectivity index (χ3v) is 7.29. The van der Waals surface area contributed by atoms with Crippen LogP contribution in [0.5, 0.6) is 28.7 Å². The number of ketones is 1. The van der Waals surface area contributed by atoms with Gasteiger partial charge in [-0.25, -0.2) is 0 Å². The predicted molar refractivity (Wildman–Crippen MR) is 141 cm³/mol. The summed E-state index contributed by atoms with van der Waals surface area (Å²) in [6.45, 7) is 1.79. The molecule has 9 nitrogen and oxygen atoms in total. The highest BCUT2D eigenvalue weighted by molar-refractivity contribution is 6.09. The lowest BCUT2D eigenvalue weighted by molar-refractivity contribution is -0.143. The number of methoxy groups -OCH3 is 6. The Labute approximate surface area is 222 Å². The van der Waals surface area contributed by atoms with Crippen molar-refractivity contribution in [3.8, 4) is 28.7 Å². The third kappa shape index (κ3) is 4.68. The summed E-state index contributed by atoms with van der Waals surface area (Å²) in [5, 5.41) is 0. The van der Waals surface area contributed by atoms with Crippen molar-refractivity contribution in [2.45, 2.75) is 31.6 Å². The molecule has 3 atom stereocenters. The van der Waals surface area contributed by atoms with Gasteiger partial charge in [0.15, 0.2) is 28.8 Å². The number of aliphatic imine (C=N–C) groups is 1. The van der Waals surface area contributed by atoms with E-state index in [0.29, 0.717) is 57.7 Å². The lowest BCUT2D eigenvalue weighted by atomic mass is 9.69. The van der Waals surface area contributed by atoms with E-state index in [1.54, 1.807) is 33.3 Å². The Balaban J connectivity index is 1.87. The predicted octanol–water partition coefficient (Wildman–Crippen LogP) is 4.48. The molecule has 2 aromatic carbocycles. The fourth-order valence-corrected chi connectivity index (χ4v) is 5.47. The molecular weight excluding hydrogens is 490 g/mol. The molecule has 202 valence electrons. The van der Waals surface area contributed by atoms with E-state index < -0.39 is 17.8 Å². The fourth-order valence-electron chi connectivity index (χ4n) is 5.47. The maximum Gasteiger partial charge on any atom is 0.315 e. The largest absolute Gasteiger partial charge is 0.496 e. The summed E-state index contributed by atoms with van der Waals surface area (Å²) < 4.78 is 32.7. The summed E-state index contributed by atoms with van der Waals surface area (Å²) >= 11 is 0. The first kappa shape index (κ1) is 27.0. The molecule has 2 aliphatic rings. The molecule has 0 N–H and O–H groups in total. The van der Waals surface area contributed by atoms with Crippen LogP contribution in [0.2, 0.25) is 0 Å². The van der Waals surface area contributed by atoms with Gasteiger partial charge >= 0.3 is 5.97 Å². The highest BCUT2D eigenvalue weighted by Gasteiger charge is 2.46. The van der Waals surface area contributed by atoms with Crippen LogP contribution in [0.4, 0.5) is 0 Å². The van der Waals surface area contributed by atoms with Gasteiger partial charge in [-0.15, -0.1) is 0 Å². The van der Waals surface area contributed by atoms with E-state index in [1.807, 2.05) is 18.2 Å². The first-order valence-electron chi connectivity index (χ1n) is 12.2. The van der Waals surface area contributed by atoms with Crippen molar-refractivity contribution in [2.75, 3.05) is 42.7 Å². The number of hydrogen-bond donors (Lipinski definition) is 0. The van der Waals surface area contributed by atoms with Crippen LogP contribution in [-0.4, -0.2) is 60.1 Å². The van der Waals surface area contributed by atoms with Gasteiger partial charge in [-0.1, -0.05) is 6.07 Å². The van der Waals surface area contributed by atoms with Crippen molar-refractivity contribution in [3.05, 3.63) is 52.7 Å². The second-order valence-corrected chi connectivity index (χ2v) is 9.18. The molecule has 1 unspecified atom stereocenters. The van der Waals surface area contributed by atoms with E-state index in [0.717, 1.165) is 5.56 Å². The second kappa shape index (κ2) is 11.2. The van der Waals surface area contributed by atoms with Crippen molar-refractivity contribution >= 4 is 17.5 Å². The summed E-state index contributed by atoms with van der Waals surface area (Å²) in [7, 11) is 9.09. The van der Waals surface area contributed by atoms with E-state index in [4.69, 9.17) is 33.4 Å². The molecule has 1 aliphatic carbocycles. The van der Waals surface area contributed by atoms with Crippen molar-refractivity contribution in [1.29, 1.82) is 0 Å². The summed E-state index contributed by atoms with van der Waals surface area (Å²) in [5.41, 5.74) is 3.29. The zero-order valence-corrected chi connectivity index (χ0v) is 22.7. The molecule has 0 spiro atoms. The first-order chi connectivity index (χ1) is 18.3. The molecular formula is C29H33NO8. The molecule has 1 aliphatic heterocycles. The van der Waals surface area contributed by atoms with Gasteiger partial charge in [0, 0.05) is 41.0 Å². The van der Waals surface area contributed by atoms with Gasteiger partial charge in [0.05, 0.1) is 42.7 Å². The van der Waals surface area contributed by atoms with E-state index in [2.05, 4.69) is 0 Å². The van der Waals surface area contributed by atoms with E-state index in [1.165, 1.54) is 28.4 Å². The molecule has 0 aromatic heterocycles. The van der Waals surface area contributed by atoms with Crippen LogP contribution in [0.3, 0.4) is 0 Å². The monoisotopic (exact) mass is 523 g/mol. The molecule has 0 amide bonds. The normalized spacial score (nSPS) is 20.8. The number of rotatable bonds is 8. The van der Waals surface area contributed by atoms with Gasteiger partial charge in [-0.2, -0.15) is 0 Å². The highest BCUT2D eigenvalue weighted by atomic mass is 16.5. The maximum atomic E-state index is 13.9. The van der Waals surface area contributed by atoms with Crippen LogP contribution in [0, 0.1) is 5.92 Å². The number of esters is 1. The molecule has 0 fully saturated rings. The summed E-state index contributed by atoms with van der Waals surface area (Å²) in [4.78, 5) is 31.7. The number of carbonyl (C=O) groups is 2. The second-order valence-electron chi connectivity index (χ2n) is 9.18. The Bertz CT molecular complexity index is 1310. The van der Waals surface area contributed by atoms with E-state index in [-0.39, 0.29) is 18.1 Å². The summed E-state index contributed by atoms with van der Waals surface area (Å²) in [5.74, 6) is 0.481. The first-order valence-corrected chi connectivity index (χ1v) is 12.2. The van der Waals surface area contributed by atoms with Crippen LogP contribution in [-0.2, 0) is 14.3 Å². The van der Waals surface area contributed by atoms with Crippen LogP contribution in [0.1, 0.15) is 42.7 Å². The van der Waals surface area contributed by atoms with E-state index in [9.17, 15) is 9.59 Å². The number of hydrogen-bond acceptors (Lipinski definition) is 9. The van der Waals surface area contributed by atoms with Gasteiger partial charge in [-0.05, 0) is 43.0 Å². The van der Waals surface area contributed by atoms with Crippen molar-refractivity contribution in [3.63, 3.8) is 0 Å². The quantitative estimate of drug-likeness (QED) is 0.467. The van der Waals surface area contributed by atoms with Crippen LogP contribution in [0.25, 0.3) is 0 Å². The molecule has 0 saturated heterocycles. The van der Waals surface area contributed by atoms with Gasteiger partial charge in [0.1, 0.15) is 11.7 Å². The maximum absolute atomic E-state index is 13.9. The average molecular weight is 524 g/mol. The minimum Gasteiger partial charge on any atom is -0.496 e. The Morgan fingerprint density at radius 2 is 1.39 bits per heavy atom. The molecule has 1 heterocycles. The van der Waals surface area contributed by atoms with Crippen molar-refractivity contribution < 1.29 is 38.0 Å². The Hall–Kier alpha value is -4.01. The molecule has 0 saturated carbocycles. The Kier molecular flexibility index (Phi) is 7.94. The molecule has 0 radical (unpaired) electrons. The standard InChI is InChI=1S/C29H33NO8/c1-15-26(29(32)38-7)27(18-13-24(36-5)25(37-6)14-22(18)34-3)28-19(30-15)10-17(11-20(28)31)16-8-9-21(33-2)23(12-16)35-4/h8-9,12-14,17,26-27H,10-11H2,1-7H3/t17-,26?,27-/m1/s1. The van der Waals surface area contributed by atoms with Crippen molar-refractivity contribution in [1.82, 2.24) is 0 Å². The van der Waals surface area contributed by atoms with Gasteiger partial charge < -0.3 is 28.4 Å². The smallest absolute Gasteiger partial charge is 0.315 e. The average Bonchev–Trinajstić information content (AvgIpc) is 2.94. The molecule has 0 bridgehead atoms. The van der Waals surface area contributed by atoms with Crippen LogP contribution < -0.4 is 23.7 Å². The number of benzene rings is 2. The number of Topliss-reactive ketones (excluding diaryl/α,β-unsaturated/α-hetero) is 1. The Morgan fingerprint density at radius 3 is 2.00 bits per heavy atom. The minimum absolute atomic E-state index is 0.0852. The van der Waals surface area contributed by atoms with Crippen LogP contribution >= 0.6 is 0 Å². The zero-order chi connectivity index (χ0) is 27.6. The van der Waals surface area contributed by atoms with Crippen molar-refractivity contribution in [2.24, 2.45) is 10.9 Å².